The van der Waals surface area contributed by atoms with E-state index in [4.69, 9.17) is 5.11 Å². The quantitative estimate of drug-likeness (QED) is 0.145. The van der Waals surface area contributed by atoms with Gasteiger partial charge in [0, 0.05) is 13.2 Å². The zero-order chi connectivity index (χ0) is 22.2. The summed E-state index contributed by atoms with van der Waals surface area (Å²) in [5, 5.41) is 21.6. The van der Waals surface area contributed by atoms with Crippen LogP contribution < -0.4 is 5.32 Å². The Morgan fingerprint density at radius 2 is 0.806 bits per heavy atom. The number of nitrogens with one attached hydrogen (secondary N) is 1. The summed E-state index contributed by atoms with van der Waals surface area (Å²) < 4.78 is 0. The van der Waals surface area contributed by atoms with Crippen molar-refractivity contribution in [3.05, 3.63) is 0 Å². The first-order valence-corrected chi connectivity index (χ1v) is 14.3. The maximum Gasteiger partial charge on any atom is 0.0459 e. The second-order valence-electron chi connectivity index (χ2n) is 10.4. The van der Waals surface area contributed by atoms with E-state index in [1.165, 1.54) is 148 Å². The van der Waals surface area contributed by atoms with E-state index in [1.807, 2.05) is 0 Å². The van der Waals surface area contributed by atoms with E-state index in [2.05, 4.69) is 5.32 Å². The normalized spacial score (nSPS) is 19.2. The molecule has 0 aromatic rings. The molecule has 1 aliphatic carbocycles. The summed E-state index contributed by atoms with van der Waals surface area (Å²) in [7, 11) is 0. The molecule has 0 amide bonds. The van der Waals surface area contributed by atoms with Crippen LogP contribution in [0.2, 0.25) is 0 Å². The molecule has 0 atom stereocenters. The second kappa shape index (κ2) is 23.1. The van der Waals surface area contributed by atoms with E-state index in [9.17, 15) is 5.11 Å². The molecule has 0 aliphatic heterocycles. The van der Waals surface area contributed by atoms with Crippen LogP contribution in [0.15, 0.2) is 0 Å². The number of hydrogen-bond donors (Lipinski definition) is 3. The fraction of sp³-hybridized carbons (Fsp3) is 1.00. The summed E-state index contributed by atoms with van der Waals surface area (Å²) in [5.41, 5.74) is 0. The van der Waals surface area contributed by atoms with Crippen molar-refractivity contribution in [2.24, 2.45) is 11.8 Å². The Bertz CT molecular complexity index is 342. The first-order valence-electron chi connectivity index (χ1n) is 14.3. The standard InChI is InChI=1S/C28H57NO2/c30-24-18-16-14-12-10-8-6-4-2-1-3-5-7-9-11-13-15-17-23-29-25-27-19-21-28(26-31)22-20-27/h27-31H,1-26H2. The van der Waals surface area contributed by atoms with Gasteiger partial charge in [-0.3, -0.25) is 0 Å². The molecule has 0 radical (unpaired) electrons. The number of aliphatic hydroxyl groups is 2. The number of aliphatic hydroxyl groups excluding tert-OH is 2. The van der Waals surface area contributed by atoms with Crippen LogP contribution in [0.1, 0.15) is 141 Å². The van der Waals surface area contributed by atoms with Gasteiger partial charge in [0.15, 0.2) is 0 Å². The van der Waals surface area contributed by atoms with Gasteiger partial charge in [-0.1, -0.05) is 103 Å². The van der Waals surface area contributed by atoms with Crippen LogP contribution >= 0.6 is 0 Å². The molecular weight excluding hydrogens is 382 g/mol. The van der Waals surface area contributed by atoms with Crippen molar-refractivity contribution in [1.29, 1.82) is 0 Å². The predicted octanol–water partition coefficient (Wildman–Crippen LogP) is 7.39. The lowest BCUT2D eigenvalue weighted by Gasteiger charge is -2.27. The maximum absolute atomic E-state index is 9.21. The fourth-order valence-electron chi connectivity index (χ4n) is 5.11. The molecule has 1 rings (SSSR count). The molecule has 1 saturated carbocycles. The largest absolute Gasteiger partial charge is 0.396 e. The van der Waals surface area contributed by atoms with Gasteiger partial charge in [-0.2, -0.15) is 0 Å². The van der Waals surface area contributed by atoms with Crippen molar-refractivity contribution >= 4 is 0 Å². The van der Waals surface area contributed by atoms with E-state index in [0.717, 1.165) is 12.3 Å². The van der Waals surface area contributed by atoms with Crippen molar-refractivity contribution in [3.63, 3.8) is 0 Å². The van der Waals surface area contributed by atoms with E-state index < -0.39 is 0 Å². The van der Waals surface area contributed by atoms with E-state index in [0.29, 0.717) is 19.1 Å². The van der Waals surface area contributed by atoms with Gasteiger partial charge in [0.2, 0.25) is 0 Å². The van der Waals surface area contributed by atoms with Crippen molar-refractivity contribution in [1.82, 2.24) is 5.32 Å². The predicted molar refractivity (Wildman–Crippen MR) is 136 cm³/mol. The number of rotatable bonds is 23. The molecule has 0 unspecified atom stereocenters. The molecule has 1 fully saturated rings. The minimum absolute atomic E-state index is 0.368. The molecule has 0 bridgehead atoms. The van der Waals surface area contributed by atoms with Gasteiger partial charge in [-0.05, 0) is 63.5 Å². The molecule has 0 aromatic heterocycles. The van der Waals surface area contributed by atoms with Gasteiger partial charge in [0.1, 0.15) is 0 Å². The lowest BCUT2D eigenvalue weighted by molar-refractivity contribution is 0.166. The zero-order valence-corrected chi connectivity index (χ0v) is 20.9. The lowest BCUT2D eigenvalue weighted by Crippen LogP contribution is -2.28. The summed E-state index contributed by atoms with van der Waals surface area (Å²) in [6, 6.07) is 0. The average Bonchev–Trinajstić information content (AvgIpc) is 2.80. The molecule has 3 N–H and O–H groups in total. The van der Waals surface area contributed by atoms with Crippen molar-refractivity contribution < 1.29 is 10.2 Å². The topological polar surface area (TPSA) is 52.5 Å². The highest BCUT2D eigenvalue weighted by atomic mass is 16.3. The minimum atomic E-state index is 0.368. The van der Waals surface area contributed by atoms with Gasteiger partial charge in [-0.15, -0.1) is 0 Å². The molecule has 0 aromatic carbocycles. The SMILES string of the molecule is OCCCCCCCCCCCCCCCCCCCCNCC1CCC(CO)CC1. The fourth-order valence-corrected chi connectivity index (χ4v) is 5.11. The molecule has 31 heavy (non-hydrogen) atoms. The van der Waals surface area contributed by atoms with Gasteiger partial charge in [0.25, 0.3) is 0 Å². The van der Waals surface area contributed by atoms with Gasteiger partial charge in [-0.25, -0.2) is 0 Å². The monoisotopic (exact) mass is 439 g/mol. The molecule has 1 aliphatic rings. The van der Waals surface area contributed by atoms with E-state index in [1.54, 1.807) is 0 Å². The Hall–Kier alpha value is -0.120. The maximum atomic E-state index is 9.21. The number of hydrogen-bond acceptors (Lipinski definition) is 3. The second-order valence-corrected chi connectivity index (χ2v) is 10.4. The summed E-state index contributed by atoms with van der Waals surface area (Å²) in [6.45, 7) is 3.16. The van der Waals surface area contributed by atoms with Gasteiger partial charge in [0.05, 0.1) is 0 Å². The Labute approximate surface area is 195 Å². The Morgan fingerprint density at radius 1 is 0.452 bits per heavy atom. The van der Waals surface area contributed by atoms with E-state index in [-0.39, 0.29) is 0 Å². The van der Waals surface area contributed by atoms with Crippen LogP contribution in [-0.4, -0.2) is 36.5 Å². The third kappa shape index (κ3) is 19.1. The minimum Gasteiger partial charge on any atom is -0.396 e. The molecule has 0 saturated heterocycles. The summed E-state index contributed by atoms with van der Waals surface area (Å²) in [6.07, 6.45) is 29.9. The van der Waals surface area contributed by atoms with Crippen LogP contribution in [0, 0.1) is 11.8 Å². The number of unbranched alkanes of at least 4 members (excludes halogenated alkanes) is 17. The summed E-state index contributed by atoms with van der Waals surface area (Å²) >= 11 is 0. The summed E-state index contributed by atoms with van der Waals surface area (Å²) in [5.74, 6) is 1.45. The Balaban J connectivity index is 1.66. The van der Waals surface area contributed by atoms with Gasteiger partial charge < -0.3 is 15.5 Å². The molecule has 0 heterocycles. The third-order valence-corrected chi connectivity index (χ3v) is 7.42. The highest BCUT2D eigenvalue weighted by Crippen LogP contribution is 2.27. The van der Waals surface area contributed by atoms with Crippen LogP contribution in [-0.2, 0) is 0 Å². The van der Waals surface area contributed by atoms with Crippen LogP contribution in [0.25, 0.3) is 0 Å². The van der Waals surface area contributed by atoms with Gasteiger partial charge >= 0.3 is 0 Å². The van der Waals surface area contributed by atoms with Crippen LogP contribution in [0.5, 0.6) is 0 Å². The smallest absolute Gasteiger partial charge is 0.0459 e. The Morgan fingerprint density at radius 3 is 1.19 bits per heavy atom. The highest BCUT2D eigenvalue weighted by Gasteiger charge is 2.19. The first kappa shape index (κ1) is 28.9. The van der Waals surface area contributed by atoms with Crippen molar-refractivity contribution in [2.45, 2.75) is 141 Å². The molecule has 3 nitrogen and oxygen atoms in total. The van der Waals surface area contributed by atoms with Crippen molar-refractivity contribution in [3.8, 4) is 0 Å². The van der Waals surface area contributed by atoms with E-state index >= 15 is 0 Å². The summed E-state index contributed by atoms with van der Waals surface area (Å²) in [4.78, 5) is 0. The molecule has 186 valence electrons. The first-order chi connectivity index (χ1) is 15.4. The average molecular weight is 440 g/mol. The van der Waals surface area contributed by atoms with Crippen LogP contribution in [0.4, 0.5) is 0 Å². The van der Waals surface area contributed by atoms with Crippen LogP contribution in [0.3, 0.4) is 0 Å². The molecule has 0 spiro atoms. The lowest BCUT2D eigenvalue weighted by atomic mass is 9.82. The Kier molecular flexibility index (Phi) is 21.5. The molecular formula is C28H57NO2. The molecule has 3 heteroatoms. The third-order valence-electron chi connectivity index (χ3n) is 7.42. The highest BCUT2D eigenvalue weighted by molar-refractivity contribution is 4.73. The van der Waals surface area contributed by atoms with Crippen molar-refractivity contribution in [2.75, 3.05) is 26.3 Å². The zero-order valence-electron chi connectivity index (χ0n) is 20.9.